The molecule has 0 unspecified atom stereocenters. The summed E-state index contributed by atoms with van der Waals surface area (Å²) in [6.07, 6.45) is 0. The summed E-state index contributed by atoms with van der Waals surface area (Å²) in [7, 11) is -4.67. The van der Waals surface area contributed by atoms with E-state index in [1.54, 1.807) is 18.2 Å². The minimum atomic E-state index is -4.67. The summed E-state index contributed by atoms with van der Waals surface area (Å²) in [5.41, 5.74) is 12.1. The Balaban J connectivity index is 0.000000437. The van der Waals surface area contributed by atoms with Crippen molar-refractivity contribution in [1.29, 1.82) is 0 Å². The van der Waals surface area contributed by atoms with Crippen LogP contribution in [-0.4, -0.2) is 35.8 Å². The van der Waals surface area contributed by atoms with E-state index in [9.17, 15) is 0 Å². The lowest BCUT2D eigenvalue weighted by Crippen LogP contribution is -2.04. The zero-order chi connectivity index (χ0) is 13.5. The lowest BCUT2D eigenvalue weighted by molar-refractivity contribution is 0.202. The van der Waals surface area contributed by atoms with Crippen molar-refractivity contribution in [3.8, 4) is 5.75 Å². The first-order valence-electron chi connectivity index (χ1n) is 4.32. The molecular formula is C8H14N2O6S. The number of benzene rings is 1. The number of hydrogen-bond acceptors (Lipinski definition) is 6. The van der Waals surface area contributed by atoms with E-state index < -0.39 is 10.4 Å². The van der Waals surface area contributed by atoms with E-state index in [1.807, 2.05) is 0 Å². The summed E-state index contributed by atoms with van der Waals surface area (Å²) in [5.74, 6) is 0.554. The molecule has 0 spiro atoms. The lowest BCUT2D eigenvalue weighted by Gasteiger charge is -2.07. The molecule has 0 aromatic heterocycles. The number of aliphatic hydroxyl groups excluding tert-OH is 1. The predicted molar refractivity (Wildman–Crippen MR) is 62.0 cm³/mol. The molecule has 0 saturated heterocycles. The average molecular weight is 266 g/mol. The number of aliphatic hydroxyl groups is 1. The lowest BCUT2D eigenvalue weighted by atomic mass is 10.2. The van der Waals surface area contributed by atoms with Crippen LogP contribution in [0.4, 0.5) is 11.4 Å². The Labute approximate surface area is 98.4 Å². The van der Waals surface area contributed by atoms with E-state index in [2.05, 4.69) is 0 Å². The maximum Gasteiger partial charge on any atom is 0.394 e. The van der Waals surface area contributed by atoms with Crippen LogP contribution in [-0.2, 0) is 10.4 Å². The van der Waals surface area contributed by atoms with Gasteiger partial charge in [-0.2, -0.15) is 8.42 Å². The molecule has 17 heavy (non-hydrogen) atoms. The first kappa shape index (κ1) is 15.4. The Hall–Kier alpha value is -1.55. The van der Waals surface area contributed by atoms with Gasteiger partial charge in [0, 0.05) is 5.69 Å². The van der Waals surface area contributed by atoms with Gasteiger partial charge in [0.1, 0.15) is 12.4 Å². The Morgan fingerprint density at radius 1 is 1.24 bits per heavy atom. The first-order chi connectivity index (χ1) is 7.74. The SMILES string of the molecule is Nc1ccc(OCCO)c(N)c1.O=S(=O)(O)O. The minimum Gasteiger partial charge on any atom is -0.489 e. The molecule has 0 aliphatic heterocycles. The molecular weight excluding hydrogens is 252 g/mol. The molecule has 0 saturated carbocycles. The van der Waals surface area contributed by atoms with Gasteiger partial charge in [0.2, 0.25) is 0 Å². The summed E-state index contributed by atoms with van der Waals surface area (Å²) in [6.45, 7) is 0.220. The van der Waals surface area contributed by atoms with Gasteiger partial charge in [-0.3, -0.25) is 9.11 Å². The molecule has 0 amide bonds. The molecule has 98 valence electrons. The molecule has 0 aliphatic carbocycles. The second-order valence-corrected chi connectivity index (χ2v) is 3.71. The van der Waals surface area contributed by atoms with Crippen LogP contribution in [0.3, 0.4) is 0 Å². The average Bonchev–Trinajstić information content (AvgIpc) is 2.14. The van der Waals surface area contributed by atoms with Crippen molar-refractivity contribution in [3.63, 3.8) is 0 Å². The molecule has 0 radical (unpaired) electrons. The third-order valence-electron chi connectivity index (χ3n) is 1.38. The maximum absolute atomic E-state index is 8.74. The largest absolute Gasteiger partial charge is 0.489 e. The molecule has 0 bridgehead atoms. The van der Waals surface area contributed by atoms with Crippen LogP contribution in [0.5, 0.6) is 5.75 Å². The highest BCUT2D eigenvalue weighted by Crippen LogP contribution is 2.23. The highest BCUT2D eigenvalue weighted by atomic mass is 32.3. The van der Waals surface area contributed by atoms with Crippen molar-refractivity contribution in [2.75, 3.05) is 24.7 Å². The highest BCUT2D eigenvalue weighted by molar-refractivity contribution is 7.79. The molecule has 1 aromatic rings. The minimum absolute atomic E-state index is 0.0240. The van der Waals surface area contributed by atoms with E-state index >= 15 is 0 Å². The van der Waals surface area contributed by atoms with Crippen molar-refractivity contribution >= 4 is 21.8 Å². The van der Waals surface area contributed by atoms with Gasteiger partial charge in [-0.05, 0) is 18.2 Å². The van der Waals surface area contributed by atoms with E-state index in [-0.39, 0.29) is 13.2 Å². The van der Waals surface area contributed by atoms with E-state index in [0.29, 0.717) is 17.1 Å². The zero-order valence-electron chi connectivity index (χ0n) is 8.78. The van der Waals surface area contributed by atoms with Crippen molar-refractivity contribution in [1.82, 2.24) is 0 Å². The summed E-state index contributed by atoms with van der Waals surface area (Å²) in [5, 5.41) is 8.48. The predicted octanol–water partition coefficient (Wildman–Crippen LogP) is -0.431. The van der Waals surface area contributed by atoms with Gasteiger partial charge >= 0.3 is 10.4 Å². The quantitative estimate of drug-likeness (QED) is 0.364. The second kappa shape index (κ2) is 6.91. The monoisotopic (exact) mass is 266 g/mol. The first-order valence-corrected chi connectivity index (χ1v) is 5.72. The maximum atomic E-state index is 8.74. The number of nitrogen functional groups attached to an aromatic ring is 2. The van der Waals surface area contributed by atoms with Gasteiger partial charge in [-0.1, -0.05) is 0 Å². The molecule has 7 N–H and O–H groups in total. The second-order valence-electron chi connectivity index (χ2n) is 2.82. The zero-order valence-corrected chi connectivity index (χ0v) is 9.59. The van der Waals surface area contributed by atoms with Crippen LogP contribution in [0.1, 0.15) is 0 Å². The third-order valence-corrected chi connectivity index (χ3v) is 1.38. The standard InChI is InChI=1S/C8H12N2O2.H2O4S/c9-6-1-2-8(7(10)5-6)12-4-3-11;1-5(2,3)4/h1-2,5,11H,3-4,9-10H2;(H2,1,2,3,4). The number of nitrogens with two attached hydrogens (primary N) is 2. The van der Waals surface area contributed by atoms with Crippen LogP contribution >= 0.6 is 0 Å². The highest BCUT2D eigenvalue weighted by Gasteiger charge is 1.98. The van der Waals surface area contributed by atoms with E-state index in [1.165, 1.54) is 0 Å². The van der Waals surface area contributed by atoms with Gasteiger partial charge in [-0.25, -0.2) is 0 Å². The number of anilines is 2. The molecule has 0 fully saturated rings. The Morgan fingerprint density at radius 3 is 2.18 bits per heavy atom. The fraction of sp³-hybridized carbons (Fsp3) is 0.250. The van der Waals surface area contributed by atoms with Crippen LogP contribution in [0.2, 0.25) is 0 Å². The molecule has 1 aromatic carbocycles. The molecule has 0 atom stereocenters. The molecule has 1 rings (SSSR count). The molecule has 8 nitrogen and oxygen atoms in total. The van der Waals surface area contributed by atoms with Crippen molar-refractivity contribution in [3.05, 3.63) is 18.2 Å². The van der Waals surface area contributed by atoms with Gasteiger partial charge in [0.25, 0.3) is 0 Å². The Bertz CT molecular complexity index is 439. The summed E-state index contributed by atoms with van der Waals surface area (Å²) >= 11 is 0. The molecule has 0 heterocycles. The van der Waals surface area contributed by atoms with Crippen LogP contribution < -0.4 is 16.2 Å². The van der Waals surface area contributed by atoms with E-state index in [4.69, 9.17) is 38.8 Å². The van der Waals surface area contributed by atoms with Crippen LogP contribution in [0.15, 0.2) is 18.2 Å². The van der Waals surface area contributed by atoms with Crippen molar-refractivity contribution in [2.24, 2.45) is 0 Å². The van der Waals surface area contributed by atoms with E-state index in [0.717, 1.165) is 0 Å². The van der Waals surface area contributed by atoms with Gasteiger partial charge in [0.05, 0.1) is 12.3 Å². The van der Waals surface area contributed by atoms with Crippen molar-refractivity contribution in [2.45, 2.75) is 0 Å². The summed E-state index contributed by atoms with van der Waals surface area (Å²) < 4.78 is 36.7. The fourth-order valence-electron chi connectivity index (χ4n) is 0.854. The number of ether oxygens (including phenoxy) is 1. The Morgan fingerprint density at radius 2 is 1.76 bits per heavy atom. The smallest absolute Gasteiger partial charge is 0.394 e. The van der Waals surface area contributed by atoms with Gasteiger partial charge < -0.3 is 21.3 Å². The topological polar surface area (TPSA) is 156 Å². The Kier molecular flexibility index (Phi) is 6.28. The summed E-state index contributed by atoms with van der Waals surface area (Å²) in [6, 6.07) is 5.00. The third kappa shape index (κ3) is 9.38. The van der Waals surface area contributed by atoms with Gasteiger partial charge in [0.15, 0.2) is 0 Å². The molecule has 0 aliphatic rings. The number of hydrogen-bond donors (Lipinski definition) is 5. The normalized spacial score (nSPS) is 10.3. The van der Waals surface area contributed by atoms with Crippen molar-refractivity contribution < 1.29 is 27.4 Å². The summed E-state index contributed by atoms with van der Waals surface area (Å²) in [4.78, 5) is 0. The number of rotatable bonds is 3. The fourth-order valence-corrected chi connectivity index (χ4v) is 0.854. The van der Waals surface area contributed by atoms with Crippen LogP contribution in [0, 0.1) is 0 Å². The van der Waals surface area contributed by atoms with Crippen LogP contribution in [0.25, 0.3) is 0 Å². The molecule has 9 heteroatoms. The van der Waals surface area contributed by atoms with Gasteiger partial charge in [-0.15, -0.1) is 0 Å².